The van der Waals surface area contributed by atoms with Gasteiger partial charge in [0.15, 0.2) is 0 Å². The Morgan fingerprint density at radius 3 is 2.82 bits per heavy atom. The molecule has 3 nitrogen and oxygen atoms in total. The molecule has 1 unspecified atom stereocenters. The Labute approximate surface area is 109 Å². The highest BCUT2D eigenvalue weighted by Crippen LogP contribution is 2.19. The van der Waals surface area contributed by atoms with Gasteiger partial charge in [-0.1, -0.05) is 31.9 Å². The van der Waals surface area contributed by atoms with Crippen LogP contribution in [0.2, 0.25) is 5.02 Å². The summed E-state index contributed by atoms with van der Waals surface area (Å²) in [6.07, 6.45) is 2.34. The topological polar surface area (TPSA) is 34.1 Å². The van der Waals surface area contributed by atoms with Crippen LogP contribution >= 0.6 is 11.6 Å². The first-order valence-corrected chi connectivity index (χ1v) is 6.58. The number of rotatable bonds is 7. The molecule has 4 heteroatoms. The Hall–Kier alpha value is -0.800. The Bertz CT molecular complexity index is 344. The molecule has 0 aliphatic heterocycles. The van der Waals surface area contributed by atoms with E-state index in [0.29, 0.717) is 17.4 Å². The van der Waals surface area contributed by atoms with Gasteiger partial charge in [0.25, 0.3) is 0 Å². The van der Waals surface area contributed by atoms with E-state index in [4.69, 9.17) is 16.3 Å². The van der Waals surface area contributed by atoms with E-state index in [2.05, 4.69) is 31.1 Å². The minimum atomic E-state index is 0.195. The summed E-state index contributed by atoms with van der Waals surface area (Å²) in [7, 11) is 0. The zero-order valence-electron chi connectivity index (χ0n) is 10.8. The lowest BCUT2D eigenvalue weighted by atomic mass is 10.2. The maximum Gasteiger partial charge on any atom is 0.213 e. The van der Waals surface area contributed by atoms with E-state index in [0.717, 1.165) is 25.1 Å². The zero-order valence-corrected chi connectivity index (χ0v) is 11.5. The van der Waals surface area contributed by atoms with Crippen LogP contribution in [0.4, 0.5) is 0 Å². The van der Waals surface area contributed by atoms with E-state index >= 15 is 0 Å². The number of hydrogen-bond donors (Lipinski definition) is 1. The molecule has 0 saturated heterocycles. The van der Waals surface area contributed by atoms with Crippen LogP contribution in [0.5, 0.6) is 5.88 Å². The SMILES string of the molecule is CCCC(C)Oc1ccc(Cl)c(CNCC)n1. The van der Waals surface area contributed by atoms with Gasteiger partial charge in [-0.05, 0) is 26.0 Å². The van der Waals surface area contributed by atoms with E-state index in [1.165, 1.54) is 0 Å². The van der Waals surface area contributed by atoms with Crippen LogP contribution < -0.4 is 10.1 Å². The van der Waals surface area contributed by atoms with Crippen molar-refractivity contribution in [2.45, 2.75) is 46.3 Å². The van der Waals surface area contributed by atoms with Crippen molar-refractivity contribution >= 4 is 11.6 Å². The summed E-state index contributed by atoms with van der Waals surface area (Å²) in [5, 5.41) is 3.89. The number of aromatic nitrogens is 1. The Morgan fingerprint density at radius 2 is 2.18 bits per heavy atom. The number of halogens is 1. The number of nitrogens with zero attached hydrogens (tertiary/aromatic N) is 1. The number of hydrogen-bond acceptors (Lipinski definition) is 3. The van der Waals surface area contributed by atoms with Crippen LogP contribution in [0.3, 0.4) is 0 Å². The van der Waals surface area contributed by atoms with Gasteiger partial charge in [-0.15, -0.1) is 0 Å². The Balaban J connectivity index is 2.67. The van der Waals surface area contributed by atoms with Gasteiger partial charge >= 0.3 is 0 Å². The third-order valence-electron chi connectivity index (χ3n) is 2.45. The summed E-state index contributed by atoms with van der Waals surface area (Å²) in [5.41, 5.74) is 0.842. The predicted molar refractivity (Wildman–Crippen MR) is 71.6 cm³/mol. The van der Waals surface area contributed by atoms with Crippen LogP contribution in [0.1, 0.15) is 39.3 Å². The van der Waals surface area contributed by atoms with Gasteiger partial charge in [0.2, 0.25) is 5.88 Å². The normalized spacial score (nSPS) is 12.5. The molecule has 96 valence electrons. The van der Waals surface area contributed by atoms with Crippen molar-refractivity contribution in [3.63, 3.8) is 0 Å². The molecule has 0 amide bonds. The van der Waals surface area contributed by atoms with Crippen molar-refractivity contribution in [1.82, 2.24) is 10.3 Å². The third-order valence-corrected chi connectivity index (χ3v) is 2.80. The second-order valence-electron chi connectivity index (χ2n) is 4.08. The van der Waals surface area contributed by atoms with Crippen LogP contribution in [-0.4, -0.2) is 17.6 Å². The van der Waals surface area contributed by atoms with Crippen LogP contribution in [0.15, 0.2) is 12.1 Å². The Morgan fingerprint density at radius 1 is 1.41 bits per heavy atom. The highest BCUT2D eigenvalue weighted by molar-refractivity contribution is 6.31. The maximum absolute atomic E-state index is 6.07. The van der Waals surface area contributed by atoms with Crippen LogP contribution in [0.25, 0.3) is 0 Å². The van der Waals surface area contributed by atoms with E-state index in [9.17, 15) is 0 Å². The molecule has 0 radical (unpaired) electrons. The summed E-state index contributed by atoms with van der Waals surface area (Å²) in [6, 6.07) is 3.67. The summed E-state index contributed by atoms with van der Waals surface area (Å²) in [4.78, 5) is 4.42. The molecule has 1 rings (SSSR count). The molecule has 17 heavy (non-hydrogen) atoms. The first kappa shape index (κ1) is 14.3. The fourth-order valence-corrected chi connectivity index (χ4v) is 1.74. The first-order valence-electron chi connectivity index (χ1n) is 6.20. The molecule has 0 aliphatic carbocycles. The standard InChI is InChI=1S/C13H21ClN2O/c1-4-6-10(3)17-13-8-7-11(14)12(16-13)9-15-5-2/h7-8,10,15H,4-6,9H2,1-3H3. The minimum absolute atomic E-state index is 0.195. The van der Waals surface area contributed by atoms with Crippen molar-refractivity contribution in [2.75, 3.05) is 6.54 Å². The van der Waals surface area contributed by atoms with Crippen molar-refractivity contribution in [1.29, 1.82) is 0 Å². The molecule has 0 fully saturated rings. The maximum atomic E-state index is 6.07. The summed E-state index contributed by atoms with van der Waals surface area (Å²) < 4.78 is 5.73. The molecule has 1 heterocycles. The number of nitrogens with one attached hydrogen (secondary N) is 1. The van der Waals surface area contributed by atoms with Gasteiger partial charge in [-0.3, -0.25) is 0 Å². The smallest absolute Gasteiger partial charge is 0.213 e. The molecule has 1 atom stereocenters. The van der Waals surface area contributed by atoms with Crippen molar-refractivity contribution in [3.8, 4) is 5.88 Å². The van der Waals surface area contributed by atoms with Gasteiger partial charge in [0.1, 0.15) is 0 Å². The lowest BCUT2D eigenvalue weighted by Gasteiger charge is -2.14. The van der Waals surface area contributed by atoms with Gasteiger partial charge in [0, 0.05) is 12.6 Å². The van der Waals surface area contributed by atoms with Crippen LogP contribution in [-0.2, 0) is 6.54 Å². The van der Waals surface area contributed by atoms with Crippen molar-refractivity contribution in [2.24, 2.45) is 0 Å². The average Bonchev–Trinajstić information content (AvgIpc) is 2.30. The molecule has 0 spiro atoms. The summed E-state index contributed by atoms with van der Waals surface area (Å²) in [5.74, 6) is 0.656. The molecule has 1 N–H and O–H groups in total. The average molecular weight is 257 g/mol. The second kappa shape index (κ2) is 7.51. The lowest BCUT2D eigenvalue weighted by Crippen LogP contribution is -2.15. The minimum Gasteiger partial charge on any atom is -0.475 e. The molecular weight excluding hydrogens is 236 g/mol. The van der Waals surface area contributed by atoms with Gasteiger partial charge in [-0.25, -0.2) is 4.98 Å². The molecule has 0 aliphatic rings. The van der Waals surface area contributed by atoms with Gasteiger partial charge in [0.05, 0.1) is 16.8 Å². The Kier molecular flexibility index (Phi) is 6.30. The summed E-state index contributed by atoms with van der Waals surface area (Å²) >= 11 is 6.07. The third kappa shape index (κ3) is 4.92. The highest BCUT2D eigenvalue weighted by atomic mass is 35.5. The fraction of sp³-hybridized carbons (Fsp3) is 0.615. The predicted octanol–water partition coefficient (Wildman–Crippen LogP) is 3.41. The zero-order chi connectivity index (χ0) is 12.7. The molecule has 0 bridgehead atoms. The molecule has 0 saturated carbocycles. The van der Waals surface area contributed by atoms with Crippen molar-refractivity contribution in [3.05, 3.63) is 22.8 Å². The quantitative estimate of drug-likeness (QED) is 0.812. The second-order valence-corrected chi connectivity index (χ2v) is 4.48. The first-order chi connectivity index (χ1) is 8.17. The van der Waals surface area contributed by atoms with E-state index in [-0.39, 0.29) is 6.10 Å². The van der Waals surface area contributed by atoms with E-state index < -0.39 is 0 Å². The van der Waals surface area contributed by atoms with Gasteiger partial charge in [-0.2, -0.15) is 0 Å². The van der Waals surface area contributed by atoms with E-state index in [1.54, 1.807) is 0 Å². The lowest BCUT2D eigenvalue weighted by molar-refractivity contribution is 0.201. The van der Waals surface area contributed by atoms with Gasteiger partial charge < -0.3 is 10.1 Å². The van der Waals surface area contributed by atoms with E-state index in [1.807, 2.05) is 12.1 Å². The molecule has 0 aromatic carbocycles. The molecule has 1 aromatic heterocycles. The monoisotopic (exact) mass is 256 g/mol. The highest BCUT2D eigenvalue weighted by Gasteiger charge is 2.07. The molecular formula is C13H21ClN2O. The largest absolute Gasteiger partial charge is 0.475 e. The number of ether oxygens (including phenoxy) is 1. The van der Waals surface area contributed by atoms with Crippen molar-refractivity contribution < 1.29 is 4.74 Å². The van der Waals surface area contributed by atoms with Crippen LogP contribution in [0, 0.1) is 0 Å². The molecule has 1 aromatic rings. The summed E-state index contributed by atoms with van der Waals surface area (Å²) in [6.45, 7) is 7.83. The number of pyridine rings is 1. The fourth-order valence-electron chi connectivity index (χ4n) is 1.57.